The van der Waals surface area contributed by atoms with Gasteiger partial charge < -0.3 is 9.52 Å². The summed E-state index contributed by atoms with van der Waals surface area (Å²) in [6.07, 6.45) is 2.72. The van der Waals surface area contributed by atoms with Crippen LogP contribution in [0.5, 0.6) is 0 Å². The van der Waals surface area contributed by atoms with Gasteiger partial charge >= 0.3 is 0 Å². The summed E-state index contributed by atoms with van der Waals surface area (Å²) in [5.74, 6) is 1.10. The molecule has 0 amide bonds. The van der Waals surface area contributed by atoms with Crippen molar-refractivity contribution in [1.82, 2.24) is 15.1 Å². The highest BCUT2D eigenvalue weighted by molar-refractivity contribution is 6.30. The molecule has 0 aliphatic carbocycles. The van der Waals surface area contributed by atoms with Gasteiger partial charge in [-0.2, -0.15) is 0 Å². The fourth-order valence-electron chi connectivity index (χ4n) is 3.30. The molecule has 3 rings (SSSR count). The first-order valence-electron chi connectivity index (χ1n) is 8.07. The first-order chi connectivity index (χ1) is 11.0. The molecule has 6 heteroatoms. The Morgan fingerprint density at radius 1 is 1.39 bits per heavy atom. The number of nitrogens with zero attached hydrogens (tertiary/aromatic N) is 3. The maximum Gasteiger partial charge on any atom is 0.247 e. The molecule has 1 aromatic carbocycles. The zero-order chi connectivity index (χ0) is 16.4. The van der Waals surface area contributed by atoms with Gasteiger partial charge in [-0.15, -0.1) is 10.2 Å². The average molecular weight is 336 g/mol. The van der Waals surface area contributed by atoms with Crippen molar-refractivity contribution >= 4 is 11.6 Å². The fourth-order valence-corrected chi connectivity index (χ4v) is 3.49. The van der Waals surface area contributed by atoms with Crippen molar-refractivity contribution in [3.63, 3.8) is 0 Å². The standard InChI is InChI=1S/C17H22ClN3O2/c1-11(22)9-15-7-4-8-21(15)12(2)16-19-20-17(23-16)13-5-3-6-14(18)10-13/h3,5-6,10-12,15,22H,4,7-9H2,1-2H3. The Labute approximate surface area is 141 Å². The molecule has 2 heterocycles. The zero-order valence-electron chi connectivity index (χ0n) is 13.4. The van der Waals surface area contributed by atoms with Gasteiger partial charge in [0.2, 0.25) is 11.8 Å². The highest BCUT2D eigenvalue weighted by Crippen LogP contribution is 2.32. The molecule has 1 N–H and O–H groups in total. The molecule has 3 atom stereocenters. The zero-order valence-corrected chi connectivity index (χ0v) is 14.2. The predicted molar refractivity (Wildman–Crippen MR) is 89.2 cm³/mol. The van der Waals surface area contributed by atoms with E-state index in [1.54, 1.807) is 0 Å². The molecule has 23 heavy (non-hydrogen) atoms. The van der Waals surface area contributed by atoms with E-state index < -0.39 is 0 Å². The van der Waals surface area contributed by atoms with Crippen LogP contribution in [0.15, 0.2) is 28.7 Å². The minimum Gasteiger partial charge on any atom is -0.419 e. The third-order valence-electron chi connectivity index (χ3n) is 4.40. The topological polar surface area (TPSA) is 62.4 Å². The van der Waals surface area contributed by atoms with Crippen LogP contribution in [-0.4, -0.2) is 38.9 Å². The van der Waals surface area contributed by atoms with Crippen molar-refractivity contribution in [1.29, 1.82) is 0 Å². The van der Waals surface area contributed by atoms with Crippen LogP contribution in [0.2, 0.25) is 5.02 Å². The van der Waals surface area contributed by atoms with Crippen molar-refractivity contribution in [2.24, 2.45) is 0 Å². The van der Waals surface area contributed by atoms with Crippen LogP contribution in [0.3, 0.4) is 0 Å². The smallest absolute Gasteiger partial charge is 0.247 e. The summed E-state index contributed by atoms with van der Waals surface area (Å²) in [6, 6.07) is 7.81. The second kappa shape index (κ2) is 6.99. The summed E-state index contributed by atoms with van der Waals surface area (Å²) >= 11 is 6.01. The molecule has 0 saturated carbocycles. The van der Waals surface area contributed by atoms with Gasteiger partial charge in [-0.1, -0.05) is 17.7 Å². The van der Waals surface area contributed by atoms with E-state index in [2.05, 4.69) is 22.0 Å². The van der Waals surface area contributed by atoms with E-state index in [4.69, 9.17) is 16.0 Å². The van der Waals surface area contributed by atoms with E-state index in [-0.39, 0.29) is 12.1 Å². The van der Waals surface area contributed by atoms with Crippen LogP contribution in [0.25, 0.3) is 11.5 Å². The first-order valence-corrected chi connectivity index (χ1v) is 8.45. The van der Waals surface area contributed by atoms with Crippen LogP contribution in [0.4, 0.5) is 0 Å². The lowest BCUT2D eigenvalue weighted by Crippen LogP contribution is -2.34. The molecule has 1 aromatic heterocycles. The minimum absolute atomic E-state index is 0.0432. The van der Waals surface area contributed by atoms with E-state index in [0.29, 0.717) is 22.8 Å². The molecule has 3 unspecified atom stereocenters. The molecular weight excluding hydrogens is 314 g/mol. The number of benzene rings is 1. The van der Waals surface area contributed by atoms with Crippen LogP contribution in [0.1, 0.15) is 45.0 Å². The van der Waals surface area contributed by atoms with Crippen molar-refractivity contribution in [3.8, 4) is 11.5 Å². The van der Waals surface area contributed by atoms with Gasteiger partial charge in [0.25, 0.3) is 0 Å². The number of aliphatic hydroxyl groups excluding tert-OH is 1. The van der Waals surface area contributed by atoms with E-state index in [0.717, 1.165) is 31.4 Å². The molecule has 5 nitrogen and oxygen atoms in total. The van der Waals surface area contributed by atoms with E-state index in [1.807, 2.05) is 31.2 Å². The van der Waals surface area contributed by atoms with Crippen LogP contribution < -0.4 is 0 Å². The molecule has 1 saturated heterocycles. The summed E-state index contributed by atoms with van der Waals surface area (Å²) in [5, 5.41) is 18.7. The lowest BCUT2D eigenvalue weighted by Gasteiger charge is -2.29. The van der Waals surface area contributed by atoms with Crippen LogP contribution in [-0.2, 0) is 0 Å². The fraction of sp³-hybridized carbons (Fsp3) is 0.529. The number of hydrogen-bond donors (Lipinski definition) is 1. The van der Waals surface area contributed by atoms with Gasteiger partial charge in [-0.05, 0) is 57.9 Å². The number of hydrogen-bond acceptors (Lipinski definition) is 5. The maximum absolute atomic E-state index is 9.67. The molecule has 124 valence electrons. The molecule has 0 radical (unpaired) electrons. The summed E-state index contributed by atoms with van der Waals surface area (Å²) in [6.45, 7) is 4.91. The number of rotatable bonds is 5. The van der Waals surface area contributed by atoms with Crippen LogP contribution in [0, 0.1) is 0 Å². The van der Waals surface area contributed by atoms with E-state index in [9.17, 15) is 5.11 Å². The Balaban J connectivity index is 1.77. The third kappa shape index (κ3) is 3.74. The molecular formula is C17H22ClN3O2. The third-order valence-corrected chi connectivity index (χ3v) is 4.64. The van der Waals surface area contributed by atoms with Gasteiger partial charge in [0.1, 0.15) is 0 Å². The van der Waals surface area contributed by atoms with Crippen LogP contribution >= 0.6 is 11.6 Å². The SMILES string of the molecule is CC(O)CC1CCCN1C(C)c1nnc(-c2cccc(Cl)c2)o1. The number of likely N-dealkylation sites (tertiary alicyclic amines) is 1. The van der Waals surface area contributed by atoms with Gasteiger partial charge in [0.15, 0.2) is 0 Å². The number of halogens is 1. The largest absolute Gasteiger partial charge is 0.419 e. The number of aromatic nitrogens is 2. The van der Waals surface area contributed by atoms with Crippen molar-refractivity contribution in [2.75, 3.05) is 6.54 Å². The molecule has 0 bridgehead atoms. The Morgan fingerprint density at radius 2 is 2.22 bits per heavy atom. The van der Waals surface area contributed by atoms with Crippen molar-refractivity contribution < 1.29 is 9.52 Å². The monoisotopic (exact) mass is 335 g/mol. The number of aliphatic hydroxyl groups is 1. The molecule has 1 aliphatic rings. The van der Waals surface area contributed by atoms with Gasteiger partial charge in [0.05, 0.1) is 12.1 Å². The summed E-state index contributed by atoms with van der Waals surface area (Å²) in [5.41, 5.74) is 0.824. The van der Waals surface area contributed by atoms with Crippen molar-refractivity contribution in [3.05, 3.63) is 35.2 Å². The molecule has 1 aliphatic heterocycles. The maximum atomic E-state index is 9.67. The predicted octanol–water partition coefficient (Wildman–Crippen LogP) is 3.69. The van der Waals surface area contributed by atoms with Crippen molar-refractivity contribution in [2.45, 2.75) is 51.3 Å². The Bertz CT molecular complexity index is 659. The van der Waals surface area contributed by atoms with Gasteiger partial charge in [-0.25, -0.2) is 0 Å². The highest BCUT2D eigenvalue weighted by Gasteiger charge is 2.32. The molecule has 2 aromatic rings. The van der Waals surface area contributed by atoms with Gasteiger partial charge in [-0.3, -0.25) is 4.90 Å². The molecule has 1 fully saturated rings. The Kier molecular flexibility index (Phi) is 4.99. The van der Waals surface area contributed by atoms with E-state index in [1.165, 1.54) is 0 Å². The highest BCUT2D eigenvalue weighted by atomic mass is 35.5. The van der Waals surface area contributed by atoms with Gasteiger partial charge in [0, 0.05) is 16.6 Å². The normalized spacial score (nSPS) is 21.5. The Morgan fingerprint density at radius 3 is 2.96 bits per heavy atom. The lowest BCUT2D eigenvalue weighted by atomic mass is 10.1. The summed E-state index contributed by atoms with van der Waals surface area (Å²) in [4.78, 5) is 2.35. The summed E-state index contributed by atoms with van der Waals surface area (Å²) in [7, 11) is 0. The lowest BCUT2D eigenvalue weighted by molar-refractivity contribution is 0.105. The second-order valence-corrected chi connectivity index (χ2v) is 6.69. The minimum atomic E-state index is -0.294. The average Bonchev–Trinajstić information content (AvgIpc) is 3.15. The Hall–Kier alpha value is -1.43. The first kappa shape index (κ1) is 16.4. The molecule has 0 spiro atoms. The van der Waals surface area contributed by atoms with E-state index >= 15 is 0 Å². The summed E-state index contributed by atoms with van der Waals surface area (Å²) < 4.78 is 5.87. The second-order valence-electron chi connectivity index (χ2n) is 6.25. The quantitative estimate of drug-likeness (QED) is 0.903.